The molecule has 0 spiro atoms. The molecule has 0 radical (unpaired) electrons. The average Bonchev–Trinajstić information content (AvgIpc) is 3.49. The summed E-state index contributed by atoms with van der Waals surface area (Å²) >= 11 is 6.96. The quantitative estimate of drug-likeness (QED) is 0.311. The Labute approximate surface area is 220 Å². The summed E-state index contributed by atoms with van der Waals surface area (Å²) in [5.74, 6) is -0.652. The van der Waals surface area contributed by atoms with Gasteiger partial charge >= 0.3 is 0 Å². The molecule has 6 rings (SSSR count). The minimum absolute atomic E-state index is 0.145. The normalized spacial score (nSPS) is 19.8. The highest BCUT2D eigenvalue weighted by molar-refractivity contribution is 6.30. The molecule has 186 valence electrons. The third-order valence-electron chi connectivity index (χ3n) is 7.68. The Balaban J connectivity index is 1.46. The molecule has 1 aliphatic carbocycles. The molecule has 2 N–H and O–H groups in total. The van der Waals surface area contributed by atoms with Crippen LogP contribution in [0.4, 0.5) is 0 Å². The summed E-state index contributed by atoms with van der Waals surface area (Å²) in [5, 5.41) is 31.2. The van der Waals surface area contributed by atoms with Crippen LogP contribution in [0.5, 0.6) is 5.88 Å². The lowest BCUT2D eigenvalue weighted by molar-refractivity contribution is 0.437. The smallest absolute Gasteiger partial charge is 0.244 e. The van der Waals surface area contributed by atoms with Crippen molar-refractivity contribution < 1.29 is 4.74 Å². The number of rotatable bonds is 4. The lowest BCUT2D eigenvalue weighted by Gasteiger charge is -2.28. The molecule has 0 saturated heterocycles. The maximum absolute atomic E-state index is 10.1. The Morgan fingerprint density at radius 2 is 1.78 bits per heavy atom. The van der Waals surface area contributed by atoms with Crippen LogP contribution in [-0.2, 0) is 0 Å². The first-order valence-corrected chi connectivity index (χ1v) is 13.1. The zero-order valence-electron chi connectivity index (χ0n) is 20.5. The molecule has 2 aliphatic rings. The number of aromatic nitrogens is 4. The predicted octanol–water partition coefficient (Wildman–Crippen LogP) is 6.91. The van der Waals surface area contributed by atoms with Crippen molar-refractivity contribution in [3.05, 3.63) is 82.1 Å². The Hall–Kier alpha value is -3.89. The van der Waals surface area contributed by atoms with Crippen molar-refractivity contribution in [1.82, 2.24) is 20.0 Å². The van der Waals surface area contributed by atoms with Crippen molar-refractivity contribution in [2.24, 2.45) is 5.92 Å². The number of nitrogens with zero attached hydrogens (tertiary/aromatic N) is 4. The molecule has 37 heavy (non-hydrogen) atoms. The fourth-order valence-corrected chi connectivity index (χ4v) is 6.20. The van der Waals surface area contributed by atoms with Crippen LogP contribution >= 0.6 is 11.6 Å². The number of hydrogen-bond donors (Lipinski definition) is 2. The van der Waals surface area contributed by atoms with Crippen molar-refractivity contribution in [2.45, 2.75) is 50.9 Å². The number of benzene rings is 2. The van der Waals surface area contributed by atoms with Gasteiger partial charge in [0.25, 0.3) is 0 Å². The van der Waals surface area contributed by atoms with Gasteiger partial charge in [-0.1, -0.05) is 73.3 Å². The van der Waals surface area contributed by atoms with Crippen molar-refractivity contribution in [1.29, 1.82) is 10.7 Å². The molecule has 0 bridgehead atoms. The summed E-state index contributed by atoms with van der Waals surface area (Å²) < 4.78 is 7.41. The van der Waals surface area contributed by atoms with Crippen LogP contribution in [0.1, 0.15) is 66.3 Å². The highest BCUT2D eigenvalue weighted by Crippen LogP contribution is 2.48. The topological polar surface area (TPSA) is 103 Å². The molecule has 0 amide bonds. The van der Waals surface area contributed by atoms with E-state index in [0.29, 0.717) is 28.2 Å². The monoisotopic (exact) mass is 510 g/mol. The number of aromatic amines is 1. The number of fused-ring (bicyclic) bond motifs is 1. The first-order valence-electron chi connectivity index (χ1n) is 12.7. The molecule has 2 aromatic heterocycles. The van der Waals surface area contributed by atoms with Gasteiger partial charge in [-0.2, -0.15) is 10.4 Å². The number of H-pyrrole nitrogens is 1. The third kappa shape index (κ3) is 4.02. The van der Waals surface area contributed by atoms with Crippen LogP contribution < -0.4 is 4.74 Å². The van der Waals surface area contributed by atoms with Crippen LogP contribution in [0.25, 0.3) is 16.9 Å². The van der Waals surface area contributed by atoms with E-state index >= 15 is 0 Å². The number of ether oxygens (including phenoxy) is 1. The number of nitriles is 1. The maximum Gasteiger partial charge on any atom is 0.244 e. The van der Waals surface area contributed by atoms with E-state index in [1.54, 1.807) is 4.68 Å². The van der Waals surface area contributed by atoms with Crippen LogP contribution in [0.15, 0.2) is 54.6 Å². The largest absolute Gasteiger partial charge is 0.422 e. The first-order chi connectivity index (χ1) is 18.1. The van der Waals surface area contributed by atoms with E-state index in [0.717, 1.165) is 22.5 Å². The van der Waals surface area contributed by atoms with Gasteiger partial charge in [0.1, 0.15) is 11.1 Å². The summed E-state index contributed by atoms with van der Waals surface area (Å²) in [6.45, 7) is 1.88. The van der Waals surface area contributed by atoms with E-state index in [4.69, 9.17) is 26.8 Å². The Morgan fingerprint density at radius 1 is 1.05 bits per heavy atom. The van der Waals surface area contributed by atoms with Gasteiger partial charge in [-0.25, -0.2) is 4.68 Å². The second-order valence-corrected chi connectivity index (χ2v) is 10.2. The van der Waals surface area contributed by atoms with Gasteiger partial charge in [-0.05, 0) is 48.9 Å². The maximum atomic E-state index is 10.1. The summed E-state index contributed by atoms with van der Waals surface area (Å²) in [6.07, 6.45) is 6.39. The Morgan fingerprint density at radius 3 is 2.49 bits per heavy atom. The highest BCUT2D eigenvalue weighted by Gasteiger charge is 2.43. The van der Waals surface area contributed by atoms with Gasteiger partial charge in [-0.3, -0.25) is 10.5 Å². The van der Waals surface area contributed by atoms with Crippen molar-refractivity contribution in [3.63, 3.8) is 0 Å². The molecule has 7 nitrogen and oxygen atoms in total. The average molecular weight is 511 g/mol. The zero-order valence-corrected chi connectivity index (χ0v) is 21.3. The molecule has 2 unspecified atom stereocenters. The number of aryl methyl sites for hydroxylation is 1. The van der Waals surface area contributed by atoms with Gasteiger partial charge in [0.15, 0.2) is 0 Å². The number of hydrogen-bond acceptors (Lipinski definition) is 5. The molecular weight excluding hydrogens is 484 g/mol. The lowest BCUT2D eigenvalue weighted by atomic mass is 9.78. The van der Waals surface area contributed by atoms with Crippen LogP contribution in [-0.4, -0.2) is 25.9 Å². The number of nitrogens with one attached hydrogen (secondary N) is 2. The molecular formula is C29H27ClN6O. The van der Waals surface area contributed by atoms with E-state index in [1.165, 1.54) is 37.7 Å². The standard InChI is InChI=1S/C29H27ClN6O/c1-17-23(27(30)36(35-17)21-10-6-3-7-11-21)24-22(16-31)28(32)37-29-25(24)26(33-34-29)20-14-12-19(13-15-20)18-8-4-2-5-9-18/h3,6-7,10-15,18,22,24,32H,2,4-5,8-9H2,1H3,(H,33,34). The van der Waals surface area contributed by atoms with E-state index in [9.17, 15) is 5.26 Å². The SMILES string of the molecule is Cc1nn(-c2ccccc2)c(Cl)c1C1c2c(n[nH]c2-c2ccc(C3CCCCC3)cc2)OC(=N)C1C#N. The van der Waals surface area contributed by atoms with Crippen molar-refractivity contribution in [2.75, 3.05) is 0 Å². The van der Waals surface area contributed by atoms with Crippen molar-refractivity contribution >= 4 is 17.5 Å². The molecule has 1 fully saturated rings. The summed E-state index contributed by atoms with van der Waals surface area (Å²) in [7, 11) is 0. The fourth-order valence-electron chi connectivity index (χ4n) is 5.81. The second-order valence-electron chi connectivity index (χ2n) is 9.86. The van der Waals surface area contributed by atoms with Gasteiger partial charge in [-0.15, -0.1) is 5.10 Å². The Kier molecular flexibility index (Phi) is 6.05. The van der Waals surface area contributed by atoms with E-state index in [1.807, 2.05) is 37.3 Å². The van der Waals surface area contributed by atoms with E-state index < -0.39 is 11.8 Å². The summed E-state index contributed by atoms with van der Waals surface area (Å²) in [5.41, 5.74) is 6.04. The van der Waals surface area contributed by atoms with E-state index in [2.05, 4.69) is 40.5 Å². The van der Waals surface area contributed by atoms with Gasteiger partial charge < -0.3 is 4.74 Å². The molecule has 1 saturated carbocycles. The van der Waals surface area contributed by atoms with Gasteiger partial charge in [0.05, 0.1) is 28.7 Å². The van der Waals surface area contributed by atoms with Gasteiger partial charge in [0.2, 0.25) is 11.8 Å². The van der Waals surface area contributed by atoms with Crippen LogP contribution in [0.3, 0.4) is 0 Å². The highest BCUT2D eigenvalue weighted by atomic mass is 35.5. The molecule has 3 heterocycles. The van der Waals surface area contributed by atoms with Crippen molar-refractivity contribution in [3.8, 4) is 28.9 Å². The van der Waals surface area contributed by atoms with E-state index in [-0.39, 0.29) is 5.90 Å². The third-order valence-corrected chi connectivity index (χ3v) is 8.04. The molecule has 1 aliphatic heterocycles. The summed E-state index contributed by atoms with van der Waals surface area (Å²) in [6, 6.07) is 20.5. The van der Waals surface area contributed by atoms with Gasteiger partial charge in [0, 0.05) is 11.5 Å². The fraction of sp³-hybridized carbons (Fsp3) is 0.310. The molecule has 4 aromatic rings. The predicted molar refractivity (Wildman–Crippen MR) is 142 cm³/mol. The second kappa shape index (κ2) is 9.53. The Bertz CT molecular complexity index is 1490. The molecule has 8 heteroatoms. The number of para-hydroxylation sites is 1. The number of halogens is 1. The minimum atomic E-state index is -0.866. The molecule has 2 atom stereocenters. The first kappa shape index (κ1) is 23.5. The lowest BCUT2D eigenvalue weighted by Crippen LogP contribution is -2.31. The molecule has 2 aromatic carbocycles. The summed E-state index contributed by atoms with van der Waals surface area (Å²) in [4.78, 5) is 0. The van der Waals surface area contributed by atoms with Crippen LogP contribution in [0.2, 0.25) is 5.15 Å². The minimum Gasteiger partial charge on any atom is -0.422 e. The zero-order chi connectivity index (χ0) is 25.5. The van der Waals surface area contributed by atoms with Crippen LogP contribution in [0, 0.1) is 29.6 Å².